The summed E-state index contributed by atoms with van der Waals surface area (Å²) in [6.07, 6.45) is 2.35. The molecular weight excluding hydrogens is 256 g/mol. The molecule has 6 heteroatoms. The van der Waals surface area contributed by atoms with E-state index in [-0.39, 0.29) is 11.9 Å². The third-order valence-electron chi connectivity index (χ3n) is 1.34. The van der Waals surface area contributed by atoms with Crippen molar-refractivity contribution in [1.82, 2.24) is 0 Å². The van der Waals surface area contributed by atoms with Crippen molar-refractivity contribution in [3.63, 3.8) is 0 Å². The zero-order valence-electron chi connectivity index (χ0n) is 8.54. The van der Waals surface area contributed by atoms with Crippen molar-refractivity contribution < 1.29 is 48.9 Å². The second kappa shape index (κ2) is 8.66. The summed E-state index contributed by atoms with van der Waals surface area (Å²) < 4.78 is 10.0. The van der Waals surface area contributed by atoms with Gasteiger partial charge >= 0.3 is 100 Å². The molecule has 0 spiro atoms. The molecule has 79 valence electrons. The summed E-state index contributed by atoms with van der Waals surface area (Å²) in [6.45, 7) is 3.82. The van der Waals surface area contributed by atoms with E-state index in [0.717, 1.165) is 12.8 Å². The van der Waals surface area contributed by atoms with Crippen molar-refractivity contribution in [2.75, 3.05) is 0 Å². The molecule has 0 fully saturated rings. The zero-order chi connectivity index (χ0) is 11.0. The monoisotopic (exact) mass is 271 g/mol. The van der Waals surface area contributed by atoms with Gasteiger partial charge in [-0.15, -0.1) is 0 Å². The number of carbonyl (C=O) groups is 2. The average molecular weight is 271 g/mol. The van der Waals surface area contributed by atoms with Gasteiger partial charge in [0.2, 0.25) is 0 Å². The van der Waals surface area contributed by atoms with Crippen LogP contribution in [-0.4, -0.2) is 11.9 Å². The van der Waals surface area contributed by atoms with E-state index in [9.17, 15) is 9.59 Å². The first-order chi connectivity index (χ1) is 6.60. The van der Waals surface area contributed by atoms with E-state index < -0.39 is 15.4 Å². The molecule has 0 heterocycles. The molecule has 0 saturated carbocycles. The van der Waals surface area contributed by atoms with Crippen molar-refractivity contribution in [2.24, 2.45) is 0 Å². The van der Waals surface area contributed by atoms with Crippen LogP contribution in [0, 0.1) is 0 Å². The van der Waals surface area contributed by atoms with Gasteiger partial charge in [0.15, 0.2) is 0 Å². The summed E-state index contributed by atoms with van der Waals surface area (Å²) >= 11 is -1.03. The fourth-order valence-electron chi connectivity index (χ4n) is 0.756. The standard InChI is InChI=1S/2C4H8O2.2Ti.H/c2*1-2-3-4(5)6;;;/h2*2-3H2,1H3,(H,5,6);;;/q;;;+2;/p-2. The van der Waals surface area contributed by atoms with Crippen LogP contribution in [-0.2, 0) is 48.9 Å². The molecule has 0 rings (SSSR count). The van der Waals surface area contributed by atoms with E-state index in [1.807, 2.05) is 13.8 Å². The Labute approximate surface area is 99.9 Å². The first kappa shape index (κ1) is 14.4. The first-order valence-corrected chi connectivity index (χ1v) is 10.5. The van der Waals surface area contributed by atoms with Gasteiger partial charge in [-0.05, 0) is 0 Å². The van der Waals surface area contributed by atoms with Gasteiger partial charge in [-0.1, -0.05) is 0 Å². The molecule has 0 aromatic rings. The van der Waals surface area contributed by atoms with Crippen LogP contribution in [0.3, 0.4) is 0 Å². The fourth-order valence-corrected chi connectivity index (χ4v) is 3.53. The molecule has 0 unspecified atom stereocenters. The van der Waals surface area contributed by atoms with Crippen molar-refractivity contribution in [3.8, 4) is 0 Å². The van der Waals surface area contributed by atoms with Crippen LogP contribution in [0.15, 0.2) is 0 Å². The normalized spacial score (nSPS) is 9.29. The van der Waals surface area contributed by atoms with Crippen LogP contribution in [0.5, 0.6) is 0 Å². The fraction of sp³-hybridized carbons (Fsp3) is 0.750. The van der Waals surface area contributed by atoms with E-state index in [1.165, 1.54) is 17.2 Å². The third-order valence-corrected chi connectivity index (χ3v) is 4.19. The van der Waals surface area contributed by atoms with Gasteiger partial charge < -0.3 is 0 Å². The van der Waals surface area contributed by atoms with Crippen LogP contribution in [0.1, 0.15) is 39.5 Å². The molecule has 0 amide bonds. The average Bonchev–Trinajstić information content (AvgIpc) is 2.03. The molecule has 0 bridgehead atoms. The van der Waals surface area contributed by atoms with Crippen LogP contribution >= 0.6 is 0 Å². The Kier molecular flexibility index (Phi) is 8.89. The van der Waals surface area contributed by atoms with E-state index in [4.69, 9.17) is 6.64 Å². The van der Waals surface area contributed by atoms with Crippen LogP contribution < -0.4 is 0 Å². The molecule has 0 N–H and O–H groups in total. The summed E-state index contributed by atoms with van der Waals surface area (Å²) in [5, 5.41) is 0. The summed E-state index contributed by atoms with van der Waals surface area (Å²) in [7, 11) is 0. The topological polar surface area (TPSA) is 52.6 Å². The predicted molar refractivity (Wildman–Crippen MR) is 43.4 cm³/mol. The Hall–Kier alpha value is 0.369. The SMILES string of the molecule is CCCC(=O)[O][Ti]([TiH])[O]C(=O)CCC. The van der Waals surface area contributed by atoms with Gasteiger partial charge in [0.1, 0.15) is 0 Å². The van der Waals surface area contributed by atoms with Gasteiger partial charge in [-0.2, -0.15) is 0 Å². The van der Waals surface area contributed by atoms with E-state index in [1.54, 1.807) is 0 Å². The van der Waals surface area contributed by atoms with Crippen LogP contribution in [0.4, 0.5) is 0 Å². The molecule has 0 aliphatic rings. The molecule has 0 aliphatic heterocycles. The molecule has 0 aromatic heterocycles. The van der Waals surface area contributed by atoms with Crippen molar-refractivity contribution >= 4 is 11.9 Å². The Morgan fingerprint density at radius 1 is 1.07 bits per heavy atom. The molecule has 4 nitrogen and oxygen atoms in total. The molecule has 0 atom stereocenters. The number of rotatable bonds is 6. The molecule has 0 aromatic carbocycles. The first-order valence-electron chi connectivity index (χ1n) is 4.63. The number of hydrogen-bond donors (Lipinski definition) is 0. The predicted octanol–water partition coefficient (Wildman–Crippen LogP) is 1.32. The zero-order valence-corrected chi connectivity index (χ0v) is 11.9. The van der Waals surface area contributed by atoms with Gasteiger partial charge in [0.25, 0.3) is 0 Å². The van der Waals surface area contributed by atoms with Crippen LogP contribution in [0.2, 0.25) is 0 Å². The summed E-state index contributed by atoms with van der Waals surface area (Å²) in [5.74, 6) is -0.479. The minimum atomic E-state index is -2.28. The van der Waals surface area contributed by atoms with Gasteiger partial charge in [-0.25, -0.2) is 0 Å². The number of hydrogen-bond acceptors (Lipinski definition) is 4. The summed E-state index contributed by atoms with van der Waals surface area (Å²) in [6, 6.07) is 0. The number of carbonyl (C=O) groups excluding carboxylic acids is 2. The Balaban J connectivity index is 3.68. The summed E-state index contributed by atoms with van der Waals surface area (Å²) in [4.78, 5) is 22.1. The second-order valence-electron chi connectivity index (χ2n) is 2.77. The van der Waals surface area contributed by atoms with E-state index in [2.05, 4.69) is 0 Å². The maximum atomic E-state index is 11.0. The van der Waals surface area contributed by atoms with Crippen molar-refractivity contribution in [1.29, 1.82) is 0 Å². The maximum absolute atomic E-state index is 11.0. The Bertz CT molecular complexity index is 176. The Morgan fingerprint density at radius 3 is 1.71 bits per heavy atom. The van der Waals surface area contributed by atoms with Gasteiger partial charge in [-0.3, -0.25) is 0 Å². The molecule has 0 aliphatic carbocycles. The van der Waals surface area contributed by atoms with Crippen molar-refractivity contribution in [2.45, 2.75) is 39.5 Å². The third kappa shape index (κ3) is 7.74. The molecule has 0 radical (unpaired) electrons. The quantitative estimate of drug-likeness (QED) is 0.683. The molecule has 0 saturated heterocycles. The van der Waals surface area contributed by atoms with E-state index in [0.29, 0.717) is 12.8 Å². The molecular formula is C8H15O4Ti2. The van der Waals surface area contributed by atoms with Gasteiger partial charge in [0, 0.05) is 0 Å². The van der Waals surface area contributed by atoms with Crippen molar-refractivity contribution in [3.05, 3.63) is 0 Å². The Morgan fingerprint density at radius 2 is 1.43 bits per heavy atom. The van der Waals surface area contributed by atoms with Crippen LogP contribution in [0.25, 0.3) is 0 Å². The minimum absolute atomic E-state index is 0.240. The van der Waals surface area contributed by atoms with Gasteiger partial charge in [0.05, 0.1) is 0 Å². The molecule has 14 heavy (non-hydrogen) atoms. The van der Waals surface area contributed by atoms with E-state index >= 15 is 0 Å². The second-order valence-corrected chi connectivity index (χ2v) is 7.44. The summed E-state index contributed by atoms with van der Waals surface area (Å²) in [5.41, 5.74) is 0.